The third-order valence-electron chi connectivity index (χ3n) is 7.49. The number of carbonyl (C=O) groups is 1. The summed E-state index contributed by atoms with van der Waals surface area (Å²) < 4.78 is 42.3. The molecule has 3 N–H and O–H groups in total. The van der Waals surface area contributed by atoms with Gasteiger partial charge in [0.15, 0.2) is 0 Å². The Morgan fingerprint density at radius 1 is 1.07 bits per heavy atom. The molecule has 0 heterocycles. The number of likely N-dealkylation sites (N-methyl/N-ethyl adjacent to an activating group) is 1. The lowest BCUT2D eigenvalue weighted by Gasteiger charge is -2.31. The molecule has 0 radical (unpaired) electrons. The molecular formula is C31H37FN2O5S. The minimum Gasteiger partial charge on any atom is -0.481 e. The van der Waals surface area contributed by atoms with Crippen molar-refractivity contribution in [2.24, 2.45) is 5.92 Å². The summed E-state index contributed by atoms with van der Waals surface area (Å²) in [5.74, 6) is -1.16. The van der Waals surface area contributed by atoms with Crippen molar-refractivity contribution in [1.29, 1.82) is 0 Å². The van der Waals surface area contributed by atoms with Crippen molar-refractivity contribution in [3.63, 3.8) is 0 Å². The molecule has 3 aromatic carbocycles. The van der Waals surface area contributed by atoms with Gasteiger partial charge in [-0.1, -0.05) is 54.6 Å². The number of fused-ring (bicyclic) bond motifs is 1. The van der Waals surface area contributed by atoms with Gasteiger partial charge in [-0.15, -0.1) is 0 Å². The van der Waals surface area contributed by atoms with Crippen LogP contribution in [0.15, 0.2) is 71.6 Å². The number of carboxylic acid groups (broad SMARTS) is 1. The zero-order chi connectivity index (χ0) is 29.1. The van der Waals surface area contributed by atoms with Gasteiger partial charge in [-0.25, -0.2) is 12.8 Å². The van der Waals surface area contributed by atoms with Crippen LogP contribution in [0, 0.1) is 11.7 Å². The van der Waals surface area contributed by atoms with Crippen LogP contribution < -0.4 is 5.32 Å². The van der Waals surface area contributed by atoms with Gasteiger partial charge in [0.25, 0.3) is 0 Å². The predicted octanol–water partition coefficient (Wildman–Crippen LogP) is 4.27. The quantitative estimate of drug-likeness (QED) is 0.301. The number of sulfonamides is 1. The Kier molecular flexibility index (Phi) is 9.09. The number of carboxylic acids is 1. The first-order chi connectivity index (χ1) is 18.8. The molecule has 9 heteroatoms. The molecule has 0 aliphatic heterocycles. The monoisotopic (exact) mass is 568 g/mol. The van der Waals surface area contributed by atoms with Gasteiger partial charge in [-0.05, 0) is 73.4 Å². The normalized spacial score (nSPS) is 14.8. The summed E-state index contributed by atoms with van der Waals surface area (Å²) in [6, 6.07) is 18.6. The second kappa shape index (κ2) is 12.2. The van der Waals surface area contributed by atoms with Crippen LogP contribution in [0.25, 0.3) is 11.1 Å². The molecule has 1 atom stereocenters. The van der Waals surface area contributed by atoms with E-state index in [-0.39, 0.29) is 35.5 Å². The minimum absolute atomic E-state index is 0.138. The Balaban J connectivity index is 1.33. The third kappa shape index (κ3) is 7.34. The maximum atomic E-state index is 15.0. The van der Waals surface area contributed by atoms with Crippen molar-refractivity contribution >= 4 is 16.0 Å². The van der Waals surface area contributed by atoms with Crippen molar-refractivity contribution in [1.82, 2.24) is 9.62 Å². The van der Waals surface area contributed by atoms with Crippen LogP contribution in [0.5, 0.6) is 0 Å². The van der Waals surface area contributed by atoms with Crippen LogP contribution in [0.3, 0.4) is 0 Å². The largest absolute Gasteiger partial charge is 0.481 e. The van der Waals surface area contributed by atoms with E-state index in [0.29, 0.717) is 17.0 Å². The topological polar surface area (TPSA) is 107 Å². The first-order valence-corrected chi connectivity index (χ1v) is 14.8. The first kappa shape index (κ1) is 29.9. The van der Waals surface area contributed by atoms with Crippen molar-refractivity contribution in [2.45, 2.75) is 56.1 Å². The zero-order valence-corrected chi connectivity index (χ0v) is 23.9. The van der Waals surface area contributed by atoms with E-state index in [1.165, 1.54) is 30.3 Å². The number of aliphatic carboxylic acids is 1. The van der Waals surface area contributed by atoms with E-state index in [2.05, 4.69) is 43.4 Å². The maximum absolute atomic E-state index is 15.0. The van der Waals surface area contributed by atoms with Gasteiger partial charge in [0.05, 0.1) is 17.4 Å². The summed E-state index contributed by atoms with van der Waals surface area (Å²) in [5, 5.41) is 22.9. The van der Waals surface area contributed by atoms with Crippen LogP contribution in [0.2, 0.25) is 0 Å². The fourth-order valence-corrected chi connectivity index (χ4v) is 6.71. The Labute approximate surface area is 235 Å². The Hall–Kier alpha value is -3.11. The standard InChI is InChI=1S/C31H37FN2O5S/c1-31(2,18-22-14-24-6-4-5-7-25(24)15-22)33-19-26(35)20-34(3)40(38,39)27-12-13-28(29(32)17-27)23-10-8-21(9-11-23)16-30(36)37/h4-13,17,22,26,33,35H,14-16,18-20H2,1-3H3,(H,36,37). The molecule has 1 aliphatic carbocycles. The van der Waals surface area contributed by atoms with Crippen molar-refractivity contribution < 1.29 is 27.8 Å². The Bertz CT molecular complexity index is 1430. The van der Waals surface area contributed by atoms with Crippen molar-refractivity contribution in [3.8, 4) is 11.1 Å². The fourth-order valence-electron chi connectivity index (χ4n) is 5.49. The van der Waals surface area contributed by atoms with E-state index in [1.807, 2.05) is 0 Å². The number of hydrogen-bond acceptors (Lipinski definition) is 5. The van der Waals surface area contributed by atoms with Gasteiger partial charge < -0.3 is 15.5 Å². The smallest absolute Gasteiger partial charge is 0.307 e. The summed E-state index contributed by atoms with van der Waals surface area (Å²) in [6.45, 7) is 4.26. The first-order valence-electron chi connectivity index (χ1n) is 13.4. The van der Waals surface area contributed by atoms with Crippen molar-refractivity contribution in [2.75, 3.05) is 20.1 Å². The highest BCUT2D eigenvalue weighted by molar-refractivity contribution is 7.89. The highest BCUT2D eigenvalue weighted by Gasteiger charge is 2.29. The number of nitrogens with one attached hydrogen (secondary N) is 1. The molecule has 0 amide bonds. The number of halogens is 1. The molecule has 1 unspecified atom stereocenters. The lowest BCUT2D eigenvalue weighted by atomic mass is 9.88. The molecule has 0 saturated carbocycles. The Morgan fingerprint density at radius 3 is 2.27 bits per heavy atom. The summed E-state index contributed by atoms with van der Waals surface area (Å²) >= 11 is 0. The molecule has 40 heavy (non-hydrogen) atoms. The van der Waals surface area contributed by atoms with Gasteiger partial charge in [0, 0.05) is 31.2 Å². The van der Waals surface area contributed by atoms with Crippen molar-refractivity contribution in [3.05, 3.63) is 89.2 Å². The van der Waals surface area contributed by atoms with E-state index in [9.17, 15) is 22.7 Å². The highest BCUT2D eigenvalue weighted by atomic mass is 32.2. The lowest BCUT2D eigenvalue weighted by molar-refractivity contribution is -0.136. The number of rotatable bonds is 12. The average molecular weight is 569 g/mol. The van der Waals surface area contributed by atoms with E-state index in [1.54, 1.807) is 24.3 Å². The fraction of sp³-hybridized carbons (Fsp3) is 0.387. The summed E-state index contributed by atoms with van der Waals surface area (Å²) in [7, 11) is -2.67. The second-order valence-electron chi connectivity index (χ2n) is 11.4. The molecule has 0 fully saturated rings. The predicted molar refractivity (Wildman–Crippen MR) is 153 cm³/mol. The van der Waals surface area contributed by atoms with E-state index < -0.39 is 27.9 Å². The summed E-state index contributed by atoms with van der Waals surface area (Å²) in [6.07, 6.45) is 1.91. The van der Waals surface area contributed by atoms with Gasteiger partial charge in [-0.2, -0.15) is 4.31 Å². The van der Waals surface area contributed by atoms with Crippen LogP contribution in [0.4, 0.5) is 4.39 Å². The number of aliphatic hydroxyl groups is 1. The Morgan fingerprint density at radius 2 is 1.70 bits per heavy atom. The number of benzene rings is 3. The minimum atomic E-state index is -4.04. The molecule has 0 spiro atoms. The van der Waals surface area contributed by atoms with E-state index in [4.69, 9.17) is 5.11 Å². The molecule has 214 valence electrons. The van der Waals surface area contributed by atoms with Gasteiger partial charge in [0.1, 0.15) is 5.82 Å². The molecule has 0 bridgehead atoms. The van der Waals surface area contributed by atoms with Gasteiger partial charge in [-0.3, -0.25) is 4.79 Å². The van der Waals surface area contributed by atoms with Crippen LogP contribution in [-0.2, 0) is 34.1 Å². The molecule has 0 saturated heterocycles. The molecular weight excluding hydrogens is 531 g/mol. The van der Waals surface area contributed by atoms with Gasteiger partial charge in [0.2, 0.25) is 10.0 Å². The van der Waals surface area contributed by atoms with Crippen LogP contribution in [-0.4, -0.2) is 60.7 Å². The van der Waals surface area contributed by atoms with E-state index in [0.717, 1.165) is 29.6 Å². The van der Waals surface area contributed by atoms with Crippen LogP contribution >= 0.6 is 0 Å². The summed E-state index contributed by atoms with van der Waals surface area (Å²) in [4.78, 5) is 10.7. The molecule has 4 rings (SSSR count). The van der Waals surface area contributed by atoms with E-state index >= 15 is 0 Å². The third-order valence-corrected chi connectivity index (χ3v) is 9.31. The molecule has 1 aliphatic rings. The number of aliphatic hydroxyl groups excluding tert-OH is 1. The summed E-state index contributed by atoms with van der Waals surface area (Å²) in [5.41, 5.74) is 3.85. The number of β-amino-alcohol motifs (C(OH)–C–C–N with tert-alkyl or cyclic N) is 1. The second-order valence-corrected chi connectivity index (χ2v) is 13.4. The molecule has 0 aromatic heterocycles. The average Bonchev–Trinajstić information content (AvgIpc) is 3.29. The molecule has 7 nitrogen and oxygen atoms in total. The zero-order valence-electron chi connectivity index (χ0n) is 23.1. The molecule has 3 aromatic rings. The maximum Gasteiger partial charge on any atom is 0.307 e. The van der Waals surface area contributed by atoms with Gasteiger partial charge >= 0.3 is 5.97 Å². The highest BCUT2D eigenvalue weighted by Crippen LogP contribution is 2.32. The number of hydrogen-bond donors (Lipinski definition) is 3. The number of nitrogens with zero attached hydrogens (tertiary/aromatic N) is 1. The lowest BCUT2D eigenvalue weighted by Crippen LogP contribution is -2.47. The SMILES string of the molecule is CN(CC(O)CNC(C)(C)CC1Cc2ccccc2C1)S(=O)(=O)c1ccc(-c2ccc(CC(=O)O)cc2)c(F)c1. The van der Waals surface area contributed by atoms with Crippen LogP contribution in [0.1, 0.15) is 37.0 Å².